The van der Waals surface area contributed by atoms with Crippen molar-refractivity contribution in [2.75, 3.05) is 36.4 Å². The molecule has 1 saturated carbocycles. The molecule has 0 aromatic heterocycles. The number of rotatable bonds is 8. The number of nitrogens with zero attached hydrogens (tertiary/aromatic N) is 2. The fraction of sp³-hybridized carbons (Fsp3) is 0.481. The molecule has 1 saturated heterocycles. The summed E-state index contributed by atoms with van der Waals surface area (Å²) in [5.41, 5.74) is -3.04. The Balaban J connectivity index is 1.45. The topological polar surface area (TPSA) is 64.7 Å². The number of piperazine rings is 1. The smallest absolute Gasteiger partial charge is 0.367 e. The van der Waals surface area contributed by atoms with Crippen molar-refractivity contribution in [1.82, 2.24) is 10.2 Å². The summed E-state index contributed by atoms with van der Waals surface area (Å²) in [4.78, 5) is 28.5. The maximum atomic E-state index is 14.9. The van der Waals surface area contributed by atoms with Crippen LogP contribution in [0.5, 0.6) is 0 Å². The lowest BCUT2D eigenvalue weighted by molar-refractivity contribution is -0.192. The monoisotopic (exact) mass is 626 g/mol. The van der Waals surface area contributed by atoms with E-state index in [-0.39, 0.29) is 18.3 Å². The Labute approximate surface area is 241 Å². The largest absolute Gasteiger partial charge is 0.403 e. The van der Waals surface area contributed by atoms with E-state index in [1.807, 2.05) is 10.2 Å². The predicted octanol–water partition coefficient (Wildman–Crippen LogP) is 6.29. The van der Waals surface area contributed by atoms with Crippen LogP contribution in [0, 0.1) is 17.0 Å². The molecule has 15 heteroatoms. The van der Waals surface area contributed by atoms with Gasteiger partial charge in [-0.15, -0.1) is 0 Å². The van der Waals surface area contributed by atoms with Crippen LogP contribution in [0.3, 0.4) is 0 Å². The van der Waals surface area contributed by atoms with Gasteiger partial charge in [-0.3, -0.25) is 14.5 Å². The van der Waals surface area contributed by atoms with E-state index in [0.717, 1.165) is 12.1 Å². The predicted molar refractivity (Wildman–Crippen MR) is 139 cm³/mol. The van der Waals surface area contributed by atoms with E-state index >= 15 is 0 Å². The third-order valence-electron chi connectivity index (χ3n) is 7.57. The van der Waals surface area contributed by atoms with E-state index in [2.05, 4.69) is 5.32 Å². The number of carbonyl (C=O) groups is 2. The summed E-state index contributed by atoms with van der Waals surface area (Å²) in [5, 5.41) is 4.80. The minimum atomic E-state index is -4.76. The highest BCUT2D eigenvalue weighted by molar-refractivity contribution is 6.31. The molecule has 4 rings (SSSR count). The van der Waals surface area contributed by atoms with Gasteiger partial charge in [-0.1, -0.05) is 17.7 Å². The van der Waals surface area contributed by atoms with E-state index in [1.54, 1.807) is 11.8 Å². The van der Waals surface area contributed by atoms with Gasteiger partial charge < -0.3 is 15.5 Å². The highest BCUT2D eigenvalue weighted by Gasteiger charge is 2.68. The maximum Gasteiger partial charge on any atom is 0.403 e. The summed E-state index contributed by atoms with van der Waals surface area (Å²) in [5.74, 6) is -5.42. The number of anilines is 2. The van der Waals surface area contributed by atoms with Crippen LogP contribution < -0.4 is 15.5 Å². The minimum absolute atomic E-state index is 0.161. The van der Waals surface area contributed by atoms with E-state index in [4.69, 9.17) is 11.6 Å². The Bertz CT molecular complexity index is 1350. The van der Waals surface area contributed by atoms with E-state index in [9.17, 15) is 44.7 Å². The van der Waals surface area contributed by atoms with Crippen molar-refractivity contribution in [2.45, 2.75) is 51.1 Å². The molecule has 0 bridgehead atoms. The SMILES string of the molecule is C[C@@H]1CN(c2cc(Cl)ccc2NC(=O)c2ccc(CNC(=O)C3(C(F)(F)F)CC3)c(F)c2F)CCN1CCC(F)(F)F. The number of benzene rings is 2. The van der Waals surface area contributed by atoms with Crippen molar-refractivity contribution < 1.29 is 44.7 Å². The van der Waals surface area contributed by atoms with Crippen molar-refractivity contribution >= 4 is 34.8 Å². The molecule has 6 nitrogen and oxygen atoms in total. The molecule has 0 spiro atoms. The van der Waals surface area contributed by atoms with Gasteiger partial charge in [-0.05, 0) is 44.0 Å². The molecule has 1 aliphatic heterocycles. The summed E-state index contributed by atoms with van der Waals surface area (Å²) in [6, 6.07) is 6.11. The van der Waals surface area contributed by atoms with Gasteiger partial charge in [0.1, 0.15) is 5.41 Å². The van der Waals surface area contributed by atoms with Gasteiger partial charge >= 0.3 is 12.4 Å². The second-order valence-corrected chi connectivity index (χ2v) is 10.9. The van der Waals surface area contributed by atoms with Crippen LogP contribution >= 0.6 is 11.6 Å². The summed E-state index contributed by atoms with van der Waals surface area (Å²) in [7, 11) is 0. The number of amides is 2. The minimum Gasteiger partial charge on any atom is -0.367 e. The zero-order valence-corrected chi connectivity index (χ0v) is 23.0. The highest BCUT2D eigenvalue weighted by atomic mass is 35.5. The fourth-order valence-corrected chi connectivity index (χ4v) is 5.06. The molecule has 42 heavy (non-hydrogen) atoms. The molecule has 1 aliphatic carbocycles. The molecule has 0 radical (unpaired) electrons. The average Bonchev–Trinajstić information content (AvgIpc) is 3.72. The number of halogens is 9. The first-order valence-electron chi connectivity index (χ1n) is 13.0. The molecule has 2 aromatic rings. The molecule has 230 valence electrons. The van der Waals surface area contributed by atoms with Crippen LogP contribution in [-0.4, -0.2) is 61.3 Å². The molecule has 2 N–H and O–H groups in total. The van der Waals surface area contributed by atoms with Crippen LogP contribution in [0.2, 0.25) is 5.02 Å². The summed E-state index contributed by atoms with van der Waals surface area (Å²) in [6.07, 6.45) is -10.8. The Morgan fingerprint density at radius 2 is 1.71 bits per heavy atom. The van der Waals surface area contributed by atoms with Crippen molar-refractivity contribution in [3.05, 3.63) is 58.1 Å². The first-order chi connectivity index (χ1) is 19.5. The van der Waals surface area contributed by atoms with Crippen LogP contribution in [0.15, 0.2) is 30.3 Å². The van der Waals surface area contributed by atoms with Crippen LogP contribution in [0.4, 0.5) is 46.5 Å². The molecular formula is C27H27ClF8N4O2. The lowest BCUT2D eigenvalue weighted by atomic mass is 10.0. The second-order valence-electron chi connectivity index (χ2n) is 10.5. The van der Waals surface area contributed by atoms with Gasteiger partial charge in [-0.2, -0.15) is 26.3 Å². The van der Waals surface area contributed by atoms with E-state index < -0.39 is 78.2 Å². The Kier molecular flexibility index (Phi) is 8.98. The standard InChI is InChI=1S/C27H27ClF8N4O2/c1-15-14-40(11-10-39(15)9-8-26(31,32)33)20-12-17(28)3-5-19(20)38-23(41)18-4-2-16(21(29)22(18)30)13-37-24(42)25(6-7-25)27(34,35)36/h2-5,12,15H,6-11,13-14H2,1H3,(H,37,42)(H,38,41)/t15-/m1/s1. The lowest BCUT2D eigenvalue weighted by Crippen LogP contribution is -2.52. The summed E-state index contributed by atoms with van der Waals surface area (Å²) < 4.78 is 107. The Morgan fingerprint density at radius 3 is 2.31 bits per heavy atom. The Morgan fingerprint density at radius 1 is 1.02 bits per heavy atom. The molecule has 1 atom stereocenters. The van der Waals surface area contributed by atoms with Crippen molar-refractivity contribution in [2.24, 2.45) is 5.41 Å². The number of nitrogens with one attached hydrogen (secondary N) is 2. The van der Waals surface area contributed by atoms with Gasteiger partial charge in [0.2, 0.25) is 5.91 Å². The quantitative estimate of drug-likeness (QED) is 0.338. The van der Waals surface area contributed by atoms with Crippen molar-refractivity contribution in [1.29, 1.82) is 0 Å². The van der Waals surface area contributed by atoms with Crippen molar-refractivity contribution in [3.8, 4) is 0 Å². The summed E-state index contributed by atoms with van der Waals surface area (Å²) >= 11 is 6.15. The molecule has 2 aliphatic rings. The molecule has 2 amide bonds. The third-order valence-corrected chi connectivity index (χ3v) is 7.80. The zero-order valence-electron chi connectivity index (χ0n) is 22.2. The number of alkyl halides is 6. The van der Waals surface area contributed by atoms with Gasteiger partial charge in [0, 0.05) is 49.4 Å². The lowest BCUT2D eigenvalue weighted by Gasteiger charge is -2.41. The average molecular weight is 627 g/mol. The Hall–Kier alpha value is -3.13. The van der Waals surface area contributed by atoms with Crippen molar-refractivity contribution in [3.63, 3.8) is 0 Å². The van der Waals surface area contributed by atoms with Crippen LogP contribution in [0.1, 0.15) is 42.1 Å². The first kappa shape index (κ1) is 31.8. The highest BCUT2D eigenvalue weighted by Crippen LogP contribution is 2.57. The van der Waals surface area contributed by atoms with E-state index in [1.165, 1.54) is 18.2 Å². The van der Waals surface area contributed by atoms with Gasteiger partial charge in [0.15, 0.2) is 11.6 Å². The number of hydrogen-bond donors (Lipinski definition) is 2. The molecule has 2 fully saturated rings. The van der Waals surface area contributed by atoms with Gasteiger partial charge in [0.05, 0.1) is 23.4 Å². The number of hydrogen-bond acceptors (Lipinski definition) is 4. The normalized spacial score (nSPS) is 19.0. The zero-order chi connectivity index (χ0) is 31.0. The third kappa shape index (κ3) is 6.91. The first-order valence-corrected chi connectivity index (χ1v) is 13.4. The molecule has 2 aromatic carbocycles. The van der Waals surface area contributed by atoms with Gasteiger partial charge in [-0.25, -0.2) is 8.78 Å². The fourth-order valence-electron chi connectivity index (χ4n) is 4.89. The number of carbonyl (C=O) groups excluding carboxylic acids is 2. The summed E-state index contributed by atoms with van der Waals surface area (Å²) in [6.45, 7) is 1.81. The van der Waals surface area contributed by atoms with E-state index in [0.29, 0.717) is 30.3 Å². The van der Waals surface area contributed by atoms with Crippen LogP contribution in [-0.2, 0) is 11.3 Å². The molecular weight excluding hydrogens is 600 g/mol. The van der Waals surface area contributed by atoms with Crippen LogP contribution in [0.25, 0.3) is 0 Å². The second kappa shape index (κ2) is 11.9. The molecule has 0 unspecified atom stereocenters. The van der Waals surface area contributed by atoms with Gasteiger partial charge in [0.25, 0.3) is 5.91 Å². The maximum absolute atomic E-state index is 14.9. The molecule has 1 heterocycles.